The number of aryl methyl sites for hydroxylation is 1. The summed E-state index contributed by atoms with van der Waals surface area (Å²) in [6.07, 6.45) is 0. The molecule has 0 spiro atoms. The molecule has 0 fully saturated rings. The fourth-order valence-electron chi connectivity index (χ4n) is 1.52. The number of benzene rings is 1. The van der Waals surface area contributed by atoms with E-state index in [-0.39, 0.29) is 0 Å². The quantitative estimate of drug-likeness (QED) is 0.863. The standard InChI is InChI=1S/C11H8BrNO2/c1-6-5-8(11(14)15)7-3-2-4-9(12)10(7)13-6/h2-5H,1H3,(H,14,15). The zero-order chi connectivity index (χ0) is 11.0. The molecule has 0 aliphatic rings. The normalized spacial score (nSPS) is 10.5. The van der Waals surface area contributed by atoms with Gasteiger partial charge in [-0.25, -0.2) is 4.79 Å². The highest BCUT2D eigenvalue weighted by Gasteiger charge is 2.11. The fraction of sp³-hybridized carbons (Fsp3) is 0.0909. The van der Waals surface area contributed by atoms with E-state index in [4.69, 9.17) is 5.11 Å². The van der Waals surface area contributed by atoms with E-state index in [1.165, 1.54) is 0 Å². The van der Waals surface area contributed by atoms with Gasteiger partial charge in [-0.05, 0) is 35.0 Å². The number of fused-ring (bicyclic) bond motifs is 1. The smallest absolute Gasteiger partial charge is 0.336 e. The van der Waals surface area contributed by atoms with E-state index in [2.05, 4.69) is 20.9 Å². The van der Waals surface area contributed by atoms with Gasteiger partial charge in [-0.3, -0.25) is 4.98 Å². The maximum absolute atomic E-state index is 11.0. The molecule has 76 valence electrons. The molecule has 1 aromatic heterocycles. The van der Waals surface area contributed by atoms with Crippen molar-refractivity contribution in [3.63, 3.8) is 0 Å². The second-order valence-corrected chi connectivity index (χ2v) is 4.11. The van der Waals surface area contributed by atoms with E-state index in [1.54, 1.807) is 25.1 Å². The van der Waals surface area contributed by atoms with Crippen LogP contribution in [0.5, 0.6) is 0 Å². The third-order valence-electron chi connectivity index (χ3n) is 2.15. The van der Waals surface area contributed by atoms with Crippen molar-refractivity contribution in [1.29, 1.82) is 0 Å². The monoisotopic (exact) mass is 265 g/mol. The zero-order valence-corrected chi connectivity index (χ0v) is 9.58. The van der Waals surface area contributed by atoms with Gasteiger partial charge in [0.15, 0.2) is 0 Å². The summed E-state index contributed by atoms with van der Waals surface area (Å²) in [5, 5.41) is 9.71. The van der Waals surface area contributed by atoms with Gasteiger partial charge in [0.25, 0.3) is 0 Å². The predicted molar refractivity (Wildman–Crippen MR) is 61.1 cm³/mol. The van der Waals surface area contributed by atoms with Gasteiger partial charge in [-0.2, -0.15) is 0 Å². The molecule has 0 saturated carbocycles. The van der Waals surface area contributed by atoms with Crippen LogP contribution in [-0.4, -0.2) is 16.1 Å². The number of rotatable bonds is 1. The van der Waals surface area contributed by atoms with Crippen molar-refractivity contribution in [3.05, 3.63) is 40.0 Å². The minimum Gasteiger partial charge on any atom is -0.478 e. The molecule has 0 saturated heterocycles. The van der Waals surface area contributed by atoms with E-state index in [0.717, 1.165) is 4.47 Å². The van der Waals surface area contributed by atoms with Crippen LogP contribution < -0.4 is 0 Å². The lowest BCUT2D eigenvalue weighted by molar-refractivity contribution is 0.0699. The lowest BCUT2D eigenvalue weighted by Crippen LogP contribution is -2.00. The Morgan fingerprint density at radius 2 is 2.20 bits per heavy atom. The second-order valence-electron chi connectivity index (χ2n) is 3.25. The van der Waals surface area contributed by atoms with Crippen LogP contribution in [0, 0.1) is 6.92 Å². The number of carbonyl (C=O) groups is 1. The Bertz CT molecular complexity index is 552. The molecule has 1 aromatic carbocycles. The summed E-state index contributed by atoms with van der Waals surface area (Å²) in [6.45, 7) is 1.78. The third-order valence-corrected chi connectivity index (χ3v) is 2.79. The number of carboxylic acid groups (broad SMARTS) is 1. The van der Waals surface area contributed by atoms with Crippen molar-refractivity contribution >= 4 is 32.8 Å². The van der Waals surface area contributed by atoms with Crippen LogP contribution in [0.25, 0.3) is 10.9 Å². The highest BCUT2D eigenvalue weighted by molar-refractivity contribution is 9.10. The first-order chi connectivity index (χ1) is 7.09. The third kappa shape index (κ3) is 1.72. The topological polar surface area (TPSA) is 50.2 Å². The van der Waals surface area contributed by atoms with Crippen LogP contribution in [0.3, 0.4) is 0 Å². The number of aromatic nitrogens is 1. The molecule has 0 atom stereocenters. The number of halogens is 1. The van der Waals surface area contributed by atoms with Crippen LogP contribution >= 0.6 is 15.9 Å². The molecular weight excluding hydrogens is 258 g/mol. The summed E-state index contributed by atoms with van der Waals surface area (Å²) >= 11 is 3.36. The minimum atomic E-state index is -0.927. The maximum Gasteiger partial charge on any atom is 0.336 e. The number of nitrogens with zero attached hydrogens (tertiary/aromatic N) is 1. The first kappa shape index (κ1) is 10.1. The Hall–Kier alpha value is -1.42. The Kier molecular flexibility index (Phi) is 2.44. The van der Waals surface area contributed by atoms with Crippen molar-refractivity contribution in [1.82, 2.24) is 4.98 Å². The summed E-state index contributed by atoms with van der Waals surface area (Å²) in [6, 6.07) is 6.99. The van der Waals surface area contributed by atoms with Crippen molar-refractivity contribution in [2.24, 2.45) is 0 Å². The second kappa shape index (κ2) is 3.62. The van der Waals surface area contributed by atoms with Crippen LogP contribution in [-0.2, 0) is 0 Å². The molecule has 0 amide bonds. The highest BCUT2D eigenvalue weighted by atomic mass is 79.9. The number of para-hydroxylation sites is 1. The largest absolute Gasteiger partial charge is 0.478 e. The number of pyridine rings is 1. The molecule has 0 aliphatic carbocycles. The molecule has 4 heteroatoms. The Morgan fingerprint density at radius 3 is 2.87 bits per heavy atom. The molecule has 1 heterocycles. The summed E-state index contributed by atoms with van der Waals surface area (Å²) in [4.78, 5) is 15.3. The van der Waals surface area contributed by atoms with E-state index in [9.17, 15) is 4.79 Å². The van der Waals surface area contributed by atoms with Crippen LogP contribution in [0.2, 0.25) is 0 Å². The molecule has 15 heavy (non-hydrogen) atoms. The summed E-state index contributed by atoms with van der Waals surface area (Å²) < 4.78 is 0.811. The molecule has 0 aliphatic heterocycles. The molecule has 3 nitrogen and oxygen atoms in total. The molecule has 0 bridgehead atoms. The lowest BCUT2D eigenvalue weighted by atomic mass is 10.1. The van der Waals surface area contributed by atoms with Crippen molar-refractivity contribution in [2.75, 3.05) is 0 Å². The zero-order valence-electron chi connectivity index (χ0n) is 7.99. The summed E-state index contributed by atoms with van der Waals surface area (Å²) in [7, 11) is 0. The number of aromatic carboxylic acids is 1. The molecule has 0 radical (unpaired) electrons. The van der Waals surface area contributed by atoms with Crippen molar-refractivity contribution in [2.45, 2.75) is 6.92 Å². The van der Waals surface area contributed by atoms with Gasteiger partial charge in [-0.1, -0.05) is 12.1 Å². The molecule has 1 N–H and O–H groups in total. The Morgan fingerprint density at radius 1 is 1.47 bits per heavy atom. The first-order valence-corrected chi connectivity index (χ1v) is 5.18. The van der Waals surface area contributed by atoms with E-state index in [1.807, 2.05) is 6.07 Å². The fourth-order valence-corrected chi connectivity index (χ4v) is 1.97. The van der Waals surface area contributed by atoms with Gasteiger partial charge in [0.2, 0.25) is 0 Å². The van der Waals surface area contributed by atoms with Crippen LogP contribution in [0.15, 0.2) is 28.7 Å². The van der Waals surface area contributed by atoms with Gasteiger partial charge < -0.3 is 5.11 Å². The summed E-state index contributed by atoms with van der Waals surface area (Å²) in [5.41, 5.74) is 1.68. The average molecular weight is 266 g/mol. The van der Waals surface area contributed by atoms with E-state index < -0.39 is 5.97 Å². The molecule has 2 rings (SSSR count). The highest BCUT2D eigenvalue weighted by Crippen LogP contribution is 2.25. The molecule has 0 unspecified atom stereocenters. The van der Waals surface area contributed by atoms with Crippen molar-refractivity contribution in [3.8, 4) is 0 Å². The molecular formula is C11H8BrNO2. The average Bonchev–Trinajstić information content (AvgIpc) is 2.18. The SMILES string of the molecule is Cc1cc(C(=O)O)c2cccc(Br)c2n1. The maximum atomic E-state index is 11.0. The van der Waals surface area contributed by atoms with Crippen LogP contribution in [0.4, 0.5) is 0 Å². The van der Waals surface area contributed by atoms with Crippen LogP contribution in [0.1, 0.15) is 16.1 Å². The van der Waals surface area contributed by atoms with Gasteiger partial charge in [0, 0.05) is 15.6 Å². The summed E-state index contributed by atoms with van der Waals surface area (Å²) in [5.74, 6) is -0.927. The number of hydrogen-bond donors (Lipinski definition) is 1. The van der Waals surface area contributed by atoms with Gasteiger partial charge in [-0.15, -0.1) is 0 Å². The van der Waals surface area contributed by atoms with E-state index in [0.29, 0.717) is 22.2 Å². The van der Waals surface area contributed by atoms with Gasteiger partial charge in [0.1, 0.15) is 0 Å². The van der Waals surface area contributed by atoms with E-state index >= 15 is 0 Å². The predicted octanol–water partition coefficient (Wildman–Crippen LogP) is 3.00. The first-order valence-electron chi connectivity index (χ1n) is 4.39. The van der Waals surface area contributed by atoms with Crippen molar-refractivity contribution < 1.29 is 9.90 Å². The minimum absolute atomic E-state index is 0.291. The Balaban J connectivity index is 2.92. The Labute approximate surface area is 94.9 Å². The lowest BCUT2D eigenvalue weighted by Gasteiger charge is -2.05. The number of carboxylic acids is 1. The van der Waals surface area contributed by atoms with Gasteiger partial charge in [0.05, 0.1) is 11.1 Å². The molecule has 2 aromatic rings. The van der Waals surface area contributed by atoms with Gasteiger partial charge >= 0.3 is 5.97 Å². The number of hydrogen-bond acceptors (Lipinski definition) is 2.